The van der Waals surface area contributed by atoms with Gasteiger partial charge < -0.3 is 0 Å². The molecule has 0 aromatic rings. The van der Waals surface area contributed by atoms with Gasteiger partial charge in [-0.1, -0.05) is 44.8 Å². The van der Waals surface area contributed by atoms with E-state index in [1.165, 1.54) is 44.9 Å². The Hall–Kier alpha value is -0.590. The van der Waals surface area contributed by atoms with Gasteiger partial charge in [-0.25, -0.2) is 0 Å². The largest absolute Gasteiger partial charge is 0.299 e. The SMILES string of the molecule is CCC[C@]1(C)CC[C@@H]2C3=C(CC[C@H]2[C@@H]1CC)CC(=O)CC3. The van der Waals surface area contributed by atoms with E-state index in [9.17, 15) is 4.79 Å². The number of Topliss-reactive ketones (excluding diaryl/α,β-unsaturated/α-hetero) is 1. The van der Waals surface area contributed by atoms with Crippen molar-refractivity contribution in [2.24, 2.45) is 23.2 Å². The van der Waals surface area contributed by atoms with Crippen molar-refractivity contribution >= 4 is 5.78 Å². The summed E-state index contributed by atoms with van der Waals surface area (Å²) in [6.45, 7) is 7.32. The van der Waals surface area contributed by atoms with Crippen molar-refractivity contribution in [3.8, 4) is 0 Å². The van der Waals surface area contributed by atoms with Crippen molar-refractivity contribution in [2.75, 3.05) is 0 Å². The number of hydrogen-bond acceptors (Lipinski definition) is 1. The van der Waals surface area contributed by atoms with Gasteiger partial charge in [-0.2, -0.15) is 0 Å². The molecule has 21 heavy (non-hydrogen) atoms. The molecule has 1 fully saturated rings. The second-order valence-electron chi connectivity index (χ2n) is 8.11. The highest BCUT2D eigenvalue weighted by Gasteiger charge is 2.47. The lowest BCUT2D eigenvalue weighted by Gasteiger charge is -2.53. The van der Waals surface area contributed by atoms with Crippen molar-refractivity contribution in [3.05, 3.63) is 11.1 Å². The summed E-state index contributed by atoms with van der Waals surface area (Å²) in [5, 5.41) is 0. The molecule has 0 saturated heterocycles. The average molecular weight is 288 g/mol. The third-order valence-electron chi connectivity index (χ3n) is 6.98. The van der Waals surface area contributed by atoms with Crippen molar-refractivity contribution in [3.63, 3.8) is 0 Å². The molecule has 0 aromatic heterocycles. The number of carbonyl (C=O) groups excluding carboxylic acids is 1. The molecular formula is C20H32O. The van der Waals surface area contributed by atoms with E-state index in [2.05, 4.69) is 20.8 Å². The van der Waals surface area contributed by atoms with Crippen LogP contribution in [0, 0.1) is 23.2 Å². The smallest absolute Gasteiger partial charge is 0.137 e. The first-order valence-corrected chi connectivity index (χ1v) is 9.31. The monoisotopic (exact) mass is 288 g/mol. The molecule has 0 N–H and O–H groups in total. The molecule has 0 bridgehead atoms. The van der Waals surface area contributed by atoms with Crippen LogP contribution in [0.1, 0.15) is 85.0 Å². The maximum Gasteiger partial charge on any atom is 0.137 e. The van der Waals surface area contributed by atoms with Crippen LogP contribution in [0.3, 0.4) is 0 Å². The molecule has 3 rings (SSSR count). The summed E-state index contributed by atoms with van der Waals surface area (Å²) in [4.78, 5) is 11.8. The second-order valence-corrected chi connectivity index (χ2v) is 8.11. The van der Waals surface area contributed by atoms with E-state index in [1.807, 2.05) is 0 Å². The first kappa shape index (κ1) is 15.3. The van der Waals surface area contributed by atoms with Crippen LogP contribution >= 0.6 is 0 Å². The van der Waals surface area contributed by atoms with E-state index in [0.29, 0.717) is 11.2 Å². The molecule has 4 atom stereocenters. The van der Waals surface area contributed by atoms with Crippen LogP contribution in [0.15, 0.2) is 11.1 Å². The Bertz CT molecular complexity index is 447. The van der Waals surface area contributed by atoms with Gasteiger partial charge in [-0.05, 0) is 61.7 Å². The van der Waals surface area contributed by atoms with E-state index >= 15 is 0 Å². The Balaban J connectivity index is 1.86. The van der Waals surface area contributed by atoms with Gasteiger partial charge in [0.1, 0.15) is 5.78 Å². The summed E-state index contributed by atoms with van der Waals surface area (Å²) in [5.74, 6) is 3.14. The Morgan fingerprint density at radius 1 is 1.14 bits per heavy atom. The maximum absolute atomic E-state index is 11.8. The van der Waals surface area contributed by atoms with Gasteiger partial charge in [0.2, 0.25) is 0 Å². The van der Waals surface area contributed by atoms with Crippen molar-refractivity contribution in [1.82, 2.24) is 0 Å². The standard InChI is InChI=1S/C20H32O/c1-4-11-20(3)12-10-17-16-9-7-15(21)13-14(16)6-8-18(17)19(20)5-2/h17-19H,4-13H2,1-3H3/t17-,18-,19+,20-/m1/s1. The quantitative estimate of drug-likeness (QED) is 0.610. The van der Waals surface area contributed by atoms with E-state index in [-0.39, 0.29) is 0 Å². The Morgan fingerprint density at radius 2 is 1.95 bits per heavy atom. The molecule has 3 aliphatic rings. The zero-order valence-electron chi connectivity index (χ0n) is 14.2. The lowest BCUT2D eigenvalue weighted by Crippen LogP contribution is -2.44. The minimum absolute atomic E-state index is 0.492. The van der Waals surface area contributed by atoms with E-state index in [4.69, 9.17) is 0 Å². The van der Waals surface area contributed by atoms with Crippen LogP contribution in [0.5, 0.6) is 0 Å². The Kier molecular flexibility index (Phi) is 4.30. The van der Waals surface area contributed by atoms with Crippen LogP contribution in [-0.2, 0) is 4.79 Å². The number of allylic oxidation sites excluding steroid dienone is 2. The molecule has 0 aromatic carbocycles. The van der Waals surface area contributed by atoms with Gasteiger partial charge in [-0.3, -0.25) is 4.79 Å². The van der Waals surface area contributed by atoms with E-state index < -0.39 is 0 Å². The molecule has 1 saturated carbocycles. The molecule has 0 radical (unpaired) electrons. The van der Waals surface area contributed by atoms with Gasteiger partial charge in [0, 0.05) is 12.8 Å². The normalized spacial score (nSPS) is 40.0. The summed E-state index contributed by atoms with van der Waals surface area (Å²) < 4.78 is 0. The van der Waals surface area contributed by atoms with Crippen LogP contribution in [0.25, 0.3) is 0 Å². The predicted octanol–water partition coefficient (Wildman–Crippen LogP) is 5.69. The molecule has 0 spiro atoms. The van der Waals surface area contributed by atoms with Gasteiger partial charge in [-0.15, -0.1) is 0 Å². The highest BCUT2D eigenvalue weighted by atomic mass is 16.1. The van der Waals surface area contributed by atoms with Crippen molar-refractivity contribution < 1.29 is 4.79 Å². The lowest BCUT2D eigenvalue weighted by molar-refractivity contribution is -0.119. The first-order valence-electron chi connectivity index (χ1n) is 9.31. The van der Waals surface area contributed by atoms with Crippen molar-refractivity contribution in [1.29, 1.82) is 0 Å². The van der Waals surface area contributed by atoms with E-state index in [1.54, 1.807) is 11.1 Å². The fourth-order valence-electron chi connectivity index (χ4n) is 6.12. The molecule has 3 aliphatic carbocycles. The number of rotatable bonds is 3. The zero-order valence-corrected chi connectivity index (χ0v) is 14.2. The molecule has 0 unspecified atom stereocenters. The number of carbonyl (C=O) groups is 1. The highest BCUT2D eigenvalue weighted by molar-refractivity contribution is 5.82. The Morgan fingerprint density at radius 3 is 2.67 bits per heavy atom. The zero-order chi connectivity index (χ0) is 15.0. The molecule has 1 nitrogen and oxygen atoms in total. The third kappa shape index (κ3) is 2.62. The molecule has 118 valence electrons. The summed E-state index contributed by atoms with van der Waals surface area (Å²) in [6, 6.07) is 0. The van der Waals surface area contributed by atoms with Gasteiger partial charge in [0.15, 0.2) is 0 Å². The topological polar surface area (TPSA) is 17.1 Å². The van der Waals surface area contributed by atoms with Crippen LogP contribution in [0.4, 0.5) is 0 Å². The fraction of sp³-hybridized carbons (Fsp3) is 0.850. The fourth-order valence-corrected chi connectivity index (χ4v) is 6.12. The number of ketones is 1. The second kappa shape index (κ2) is 5.89. The molecule has 0 heterocycles. The highest BCUT2D eigenvalue weighted by Crippen LogP contribution is 2.57. The molecule has 0 amide bonds. The van der Waals surface area contributed by atoms with Crippen LogP contribution < -0.4 is 0 Å². The minimum atomic E-state index is 0.492. The van der Waals surface area contributed by atoms with Gasteiger partial charge in [0.25, 0.3) is 0 Å². The number of hydrogen-bond donors (Lipinski definition) is 0. The predicted molar refractivity (Wildman–Crippen MR) is 88.1 cm³/mol. The summed E-state index contributed by atoms with van der Waals surface area (Å²) in [5.41, 5.74) is 3.87. The maximum atomic E-state index is 11.8. The van der Waals surface area contributed by atoms with Gasteiger partial charge >= 0.3 is 0 Å². The summed E-state index contributed by atoms with van der Waals surface area (Å²) in [6.07, 6.45) is 12.2. The summed E-state index contributed by atoms with van der Waals surface area (Å²) >= 11 is 0. The summed E-state index contributed by atoms with van der Waals surface area (Å²) in [7, 11) is 0. The van der Waals surface area contributed by atoms with Crippen molar-refractivity contribution in [2.45, 2.75) is 85.0 Å². The van der Waals surface area contributed by atoms with Crippen LogP contribution in [-0.4, -0.2) is 5.78 Å². The van der Waals surface area contributed by atoms with Gasteiger partial charge in [0.05, 0.1) is 0 Å². The Labute approximate surface area is 130 Å². The molecular weight excluding hydrogens is 256 g/mol. The minimum Gasteiger partial charge on any atom is -0.299 e. The average Bonchev–Trinajstić information content (AvgIpc) is 2.46. The van der Waals surface area contributed by atoms with Crippen LogP contribution in [0.2, 0.25) is 0 Å². The molecule has 0 aliphatic heterocycles. The lowest BCUT2D eigenvalue weighted by atomic mass is 9.52. The first-order chi connectivity index (χ1) is 10.1. The number of fused-ring (bicyclic) bond motifs is 2. The molecule has 1 heteroatoms. The third-order valence-corrected chi connectivity index (χ3v) is 6.98. The van der Waals surface area contributed by atoms with E-state index in [0.717, 1.165) is 37.0 Å².